The topological polar surface area (TPSA) is 23.8 Å². The molecule has 0 amide bonds. The third kappa shape index (κ3) is 4.98. The molecule has 0 heterocycles. The Hall–Kier alpha value is -2.14. The molecule has 0 aliphatic heterocycles. The summed E-state index contributed by atoms with van der Waals surface area (Å²) < 4.78 is 14.3. The van der Waals surface area contributed by atoms with E-state index in [1.807, 2.05) is 12.1 Å². The Kier molecular flexibility index (Phi) is 6.00. The Labute approximate surface area is 163 Å². The van der Waals surface area contributed by atoms with Crippen LogP contribution in [0.5, 0.6) is 0 Å². The van der Waals surface area contributed by atoms with Crippen LogP contribution in [-0.4, -0.2) is 0 Å². The van der Waals surface area contributed by atoms with Crippen LogP contribution < -0.4 is 0 Å². The van der Waals surface area contributed by atoms with Crippen molar-refractivity contribution in [3.8, 4) is 6.07 Å². The van der Waals surface area contributed by atoms with Crippen molar-refractivity contribution in [2.24, 2.45) is 11.3 Å². The minimum absolute atomic E-state index is 0.227. The lowest BCUT2D eigenvalue weighted by molar-refractivity contribution is 0.351. The average Bonchev–Trinajstić information content (AvgIpc) is 2.96. The van der Waals surface area contributed by atoms with Crippen LogP contribution in [0.4, 0.5) is 4.39 Å². The molecule has 1 saturated carbocycles. The first kappa shape index (κ1) is 19.6. The Morgan fingerprint density at radius 2 is 1.89 bits per heavy atom. The fourth-order valence-electron chi connectivity index (χ4n) is 4.63. The first-order valence-electron chi connectivity index (χ1n) is 10.1. The van der Waals surface area contributed by atoms with Gasteiger partial charge >= 0.3 is 0 Å². The Balaban J connectivity index is 1.73. The molecule has 142 valence electrons. The van der Waals surface area contributed by atoms with Crippen LogP contribution in [0.25, 0.3) is 0 Å². The lowest BCUT2D eigenvalue weighted by Gasteiger charge is -2.17. The zero-order valence-corrected chi connectivity index (χ0v) is 16.8. The van der Waals surface area contributed by atoms with Crippen molar-refractivity contribution in [3.63, 3.8) is 0 Å². The van der Waals surface area contributed by atoms with Gasteiger partial charge in [-0.2, -0.15) is 5.26 Å². The van der Waals surface area contributed by atoms with Crippen molar-refractivity contribution in [3.05, 3.63) is 70.0 Å². The maximum atomic E-state index is 14.3. The van der Waals surface area contributed by atoms with Crippen molar-refractivity contribution < 1.29 is 4.39 Å². The SMILES string of the molecule is Cc1ccccc1Cc1cc(F)cc(CCCC2CCC(C)(C)C2)c1C#N. The molecular weight excluding hydrogens is 333 g/mol. The number of nitriles is 1. The van der Waals surface area contributed by atoms with Gasteiger partial charge < -0.3 is 0 Å². The molecule has 27 heavy (non-hydrogen) atoms. The normalized spacial score (nSPS) is 18.4. The van der Waals surface area contributed by atoms with E-state index in [0.29, 0.717) is 17.4 Å². The van der Waals surface area contributed by atoms with Crippen LogP contribution in [0, 0.1) is 35.4 Å². The van der Waals surface area contributed by atoms with Crippen LogP contribution in [0.1, 0.15) is 73.8 Å². The van der Waals surface area contributed by atoms with Crippen molar-refractivity contribution >= 4 is 0 Å². The summed E-state index contributed by atoms with van der Waals surface area (Å²) in [4.78, 5) is 0. The van der Waals surface area contributed by atoms with Gasteiger partial charge in [-0.1, -0.05) is 44.5 Å². The lowest BCUT2D eigenvalue weighted by atomic mass is 9.88. The molecule has 1 aliphatic rings. The van der Waals surface area contributed by atoms with Crippen molar-refractivity contribution in [1.29, 1.82) is 5.26 Å². The molecule has 2 aromatic carbocycles. The molecule has 0 bridgehead atoms. The van der Waals surface area contributed by atoms with Crippen LogP contribution in [0.3, 0.4) is 0 Å². The first-order valence-corrected chi connectivity index (χ1v) is 10.1. The highest BCUT2D eigenvalue weighted by Crippen LogP contribution is 2.42. The standard InChI is InChI=1S/C25H30FN/c1-18-7-4-5-9-20(18)13-22-15-23(26)14-21(24(22)17-27)10-6-8-19-11-12-25(2,3)16-19/h4-5,7,9,14-15,19H,6,8,10-13,16H2,1-3H3. The van der Waals surface area contributed by atoms with E-state index in [1.54, 1.807) is 6.07 Å². The molecule has 0 saturated heterocycles. The minimum Gasteiger partial charge on any atom is -0.207 e. The molecule has 3 rings (SSSR count). The summed E-state index contributed by atoms with van der Waals surface area (Å²) in [6, 6.07) is 13.6. The number of hydrogen-bond donors (Lipinski definition) is 0. The number of hydrogen-bond acceptors (Lipinski definition) is 1. The molecule has 0 N–H and O–H groups in total. The van der Waals surface area contributed by atoms with Gasteiger partial charge in [0.1, 0.15) is 5.82 Å². The molecule has 2 heteroatoms. The van der Waals surface area contributed by atoms with E-state index in [4.69, 9.17) is 0 Å². The predicted molar refractivity (Wildman–Crippen MR) is 109 cm³/mol. The summed E-state index contributed by atoms with van der Waals surface area (Å²) in [6.07, 6.45) is 7.51. The predicted octanol–water partition coefficient (Wildman–Crippen LogP) is 6.75. The van der Waals surface area contributed by atoms with Crippen LogP contribution in [0.15, 0.2) is 36.4 Å². The zero-order chi connectivity index (χ0) is 19.4. The molecule has 1 nitrogen and oxygen atoms in total. The van der Waals surface area contributed by atoms with Gasteiger partial charge in [0.25, 0.3) is 0 Å². The summed E-state index contributed by atoms with van der Waals surface area (Å²) in [5, 5.41) is 9.74. The smallest absolute Gasteiger partial charge is 0.123 e. The van der Waals surface area contributed by atoms with Gasteiger partial charge in [0.05, 0.1) is 11.6 Å². The Morgan fingerprint density at radius 3 is 2.56 bits per heavy atom. The van der Waals surface area contributed by atoms with Gasteiger partial charge in [-0.25, -0.2) is 4.39 Å². The molecule has 0 spiro atoms. The molecule has 2 aromatic rings. The van der Waals surface area contributed by atoms with Crippen molar-refractivity contribution in [2.45, 2.75) is 65.7 Å². The maximum absolute atomic E-state index is 14.3. The second-order valence-corrected chi connectivity index (χ2v) is 8.98. The third-order valence-electron chi connectivity index (χ3n) is 6.15. The second kappa shape index (κ2) is 8.26. The van der Waals surface area contributed by atoms with E-state index in [-0.39, 0.29) is 5.82 Å². The van der Waals surface area contributed by atoms with E-state index in [9.17, 15) is 9.65 Å². The van der Waals surface area contributed by atoms with Crippen molar-refractivity contribution in [2.75, 3.05) is 0 Å². The van der Waals surface area contributed by atoms with Gasteiger partial charge in [0.15, 0.2) is 0 Å². The quantitative estimate of drug-likeness (QED) is 0.557. The fourth-order valence-corrected chi connectivity index (χ4v) is 4.63. The molecule has 1 unspecified atom stereocenters. The Morgan fingerprint density at radius 1 is 1.15 bits per heavy atom. The van der Waals surface area contributed by atoms with Crippen molar-refractivity contribution in [1.82, 2.24) is 0 Å². The second-order valence-electron chi connectivity index (χ2n) is 8.98. The summed E-state index contributed by atoms with van der Waals surface area (Å²) >= 11 is 0. The largest absolute Gasteiger partial charge is 0.207 e. The molecule has 1 atom stereocenters. The molecule has 0 radical (unpaired) electrons. The summed E-state index contributed by atoms with van der Waals surface area (Å²) in [6.45, 7) is 6.76. The first-order chi connectivity index (χ1) is 12.9. The molecular formula is C25H30FN. The summed E-state index contributed by atoms with van der Waals surface area (Å²) in [7, 11) is 0. The van der Waals surface area contributed by atoms with E-state index in [1.165, 1.54) is 37.3 Å². The summed E-state index contributed by atoms with van der Waals surface area (Å²) in [5.41, 5.74) is 5.16. The average molecular weight is 364 g/mol. The van der Waals surface area contributed by atoms with Crippen LogP contribution >= 0.6 is 0 Å². The number of halogens is 1. The fraction of sp³-hybridized carbons (Fsp3) is 0.480. The van der Waals surface area contributed by atoms with E-state index in [2.05, 4.69) is 39.0 Å². The highest BCUT2D eigenvalue weighted by Gasteiger charge is 2.30. The summed E-state index contributed by atoms with van der Waals surface area (Å²) in [5.74, 6) is 0.556. The maximum Gasteiger partial charge on any atom is 0.123 e. The van der Waals surface area contributed by atoms with Gasteiger partial charge in [-0.15, -0.1) is 0 Å². The number of aryl methyl sites for hydroxylation is 2. The third-order valence-corrected chi connectivity index (χ3v) is 6.15. The molecule has 1 fully saturated rings. The van der Waals surface area contributed by atoms with Gasteiger partial charge in [0, 0.05) is 0 Å². The van der Waals surface area contributed by atoms with Gasteiger partial charge in [0.2, 0.25) is 0 Å². The minimum atomic E-state index is -0.227. The van der Waals surface area contributed by atoms with Gasteiger partial charge in [-0.05, 0) is 91.2 Å². The number of benzene rings is 2. The van der Waals surface area contributed by atoms with E-state index >= 15 is 0 Å². The monoisotopic (exact) mass is 363 g/mol. The Bertz CT molecular complexity index is 844. The zero-order valence-electron chi connectivity index (χ0n) is 16.8. The number of nitrogens with zero attached hydrogens (tertiary/aromatic N) is 1. The molecule has 1 aliphatic carbocycles. The van der Waals surface area contributed by atoms with Crippen LogP contribution in [0.2, 0.25) is 0 Å². The molecule has 0 aromatic heterocycles. The van der Waals surface area contributed by atoms with E-state index in [0.717, 1.165) is 35.4 Å². The van der Waals surface area contributed by atoms with Crippen LogP contribution in [-0.2, 0) is 12.8 Å². The highest BCUT2D eigenvalue weighted by molar-refractivity contribution is 5.47. The van der Waals surface area contributed by atoms with Gasteiger partial charge in [-0.3, -0.25) is 0 Å². The van der Waals surface area contributed by atoms with E-state index < -0.39 is 0 Å². The lowest BCUT2D eigenvalue weighted by Crippen LogP contribution is -2.06. The number of rotatable bonds is 6. The highest BCUT2D eigenvalue weighted by atomic mass is 19.1.